The highest BCUT2D eigenvalue weighted by Crippen LogP contribution is 2.37. The molecule has 1 aromatic heterocycles. The topological polar surface area (TPSA) is 30.7 Å². The molecule has 0 aliphatic rings. The van der Waals surface area contributed by atoms with Crippen LogP contribution in [0.5, 0.6) is 0 Å². The molecule has 0 saturated carbocycles. The minimum Gasteiger partial charge on any atom is -0.274 e. The molecule has 222 valence electrons. The van der Waals surface area contributed by atoms with Crippen molar-refractivity contribution in [2.75, 3.05) is 0 Å². The minimum absolute atomic E-state index is 0.123. The van der Waals surface area contributed by atoms with Gasteiger partial charge in [-0.05, 0) is 83.4 Å². The van der Waals surface area contributed by atoms with E-state index in [4.69, 9.17) is 10.2 Å². The highest BCUT2D eigenvalue weighted by Gasteiger charge is 2.24. The molecule has 4 aromatic carbocycles. The summed E-state index contributed by atoms with van der Waals surface area (Å²) in [5.41, 5.74) is 12.5. The molecule has 0 atom stereocenters. The van der Waals surface area contributed by atoms with Gasteiger partial charge in [-0.1, -0.05) is 133 Å². The van der Waals surface area contributed by atoms with Gasteiger partial charge in [-0.25, -0.2) is 0 Å². The zero-order valence-corrected chi connectivity index (χ0v) is 27.5. The molecule has 1 heterocycles. The molecular weight excluding hydrogens is 522 g/mol. The summed E-state index contributed by atoms with van der Waals surface area (Å²) in [6.07, 6.45) is 1.99. The van der Waals surface area contributed by atoms with Crippen LogP contribution in [0.1, 0.15) is 76.3 Å². The molecule has 0 aliphatic carbocycles. The van der Waals surface area contributed by atoms with E-state index in [1.54, 1.807) is 0 Å². The molecule has 0 N–H and O–H groups in total. The minimum atomic E-state index is 0.123. The lowest BCUT2D eigenvalue weighted by molar-refractivity contribution is 0.590. The smallest absolute Gasteiger partial charge is 0.169 e. The first-order chi connectivity index (χ1) is 20.4. The van der Waals surface area contributed by atoms with Gasteiger partial charge in [0.25, 0.3) is 0 Å². The molecule has 0 radical (unpaired) electrons. The Morgan fingerprint density at radius 3 is 1.79 bits per heavy atom. The first-order valence-corrected chi connectivity index (χ1v) is 15.8. The molecule has 43 heavy (non-hydrogen) atoms. The Hall–Kier alpha value is -3.98. The van der Waals surface area contributed by atoms with Crippen LogP contribution < -0.4 is 0 Å². The van der Waals surface area contributed by atoms with Crippen LogP contribution in [0.15, 0.2) is 84.9 Å². The van der Waals surface area contributed by atoms with Gasteiger partial charge in [-0.3, -0.25) is 4.57 Å². The van der Waals surface area contributed by atoms with Gasteiger partial charge in [0.2, 0.25) is 0 Å². The van der Waals surface area contributed by atoms with Gasteiger partial charge in [0, 0.05) is 11.1 Å². The van der Waals surface area contributed by atoms with Crippen LogP contribution >= 0.6 is 0 Å². The molecular formula is C40H47N3. The lowest BCUT2D eigenvalue weighted by Gasteiger charge is -2.23. The summed E-state index contributed by atoms with van der Waals surface area (Å²) in [4.78, 5) is 0. The third-order valence-corrected chi connectivity index (χ3v) is 8.15. The number of hydrogen-bond acceptors (Lipinski definition) is 2. The first kappa shape index (κ1) is 30.5. The van der Waals surface area contributed by atoms with Crippen molar-refractivity contribution < 1.29 is 0 Å². The second-order valence-corrected chi connectivity index (χ2v) is 14.0. The van der Waals surface area contributed by atoms with Crippen LogP contribution in [0.4, 0.5) is 0 Å². The van der Waals surface area contributed by atoms with Crippen molar-refractivity contribution in [3.8, 4) is 39.6 Å². The van der Waals surface area contributed by atoms with Crippen LogP contribution in [0.2, 0.25) is 0 Å². The normalized spacial score (nSPS) is 12.0. The van der Waals surface area contributed by atoms with Gasteiger partial charge in [0.1, 0.15) is 0 Å². The predicted molar refractivity (Wildman–Crippen MR) is 183 cm³/mol. The van der Waals surface area contributed by atoms with E-state index in [0.29, 0.717) is 11.8 Å². The zero-order chi connectivity index (χ0) is 30.9. The van der Waals surface area contributed by atoms with E-state index in [1.165, 1.54) is 44.6 Å². The molecule has 0 bridgehead atoms. The maximum Gasteiger partial charge on any atom is 0.169 e. The fourth-order valence-electron chi connectivity index (χ4n) is 6.09. The molecule has 0 unspecified atom stereocenters. The Morgan fingerprint density at radius 1 is 0.628 bits per heavy atom. The maximum atomic E-state index is 4.94. The molecule has 5 rings (SSSR count). The maximum absolute atomic E-state index is 4.94. The Balaban J connectivity index is 1.77. The van der Waals surface area contributed by atoms with E-state index in [-0.39, 0.29) is 5.41 Å². The molecule has 0 spiro atoms. The van der Waals surface area contributed by atoms with Crippen molar-refractivity contribution in [2.45, 2.75) is 80.6 Å². The second kappa shape index (κ2) is 12.3. The quantitative estimate of drug-likeness (QED) is 0.186. The van der Waals surface area contributed by atoms with E-state index in [0.717, 1.165) is 35.6 Å². The summed E-state index contributed by atoms with van der Waals surface area (Å²) in [6, 6.07) is 31.0. The van der Waals surface area contributed by atoms with E-state index in [2.05, 4.69) is 152 Å². The fourth-order valence-corrected chi connectivity index (χ4v) is 6.09. The van der Waals surface area contributed by atoms with Gasteiger partial charge in [-0.2, -0.15) is 0 Å². The second-order valence-electron chi connectivity index (χ2n) is 14.0. The average molecular weight is 570 g/mol. The number of aryl methyl sites for hydroxylation is 2. The summed E-state index contributed by atoms with van der Waals surface area (Å²) in [5.74, 6) is 2.82. The molecule has 3 heteroatoms. The summed E-state index contributed by atoms with van der Waals surface area (Å²) in [5, 5.41) is 9.85. The molecule has 3 nitrogen and oxygen atoms in total. The lowest BCUT2D eigenvalue weighted by Crippen LogP contribution is -2.12. The Labute approximate surface area is 259 Å². The van der Waals surface area contributed by atoms with Crippen LogP contribution in [-0.2, 0) is 18.3 Å². The molecule has 0 aliphatic heterocycles. The summed E-state index contributed by atoms with van der Waals surface area (Å²) in [6.45, 7) is 20.4. The third kappa shape index (κ3) is 6.67. The monoisotopic (exact) mass is 569 g/mol. The van der Waals surface area contributed by atoms with E-state index in [9.17, 15) is 0 Å². The largest absolute Gasteiger partial charge is 0.274 e. The Bertz CT molecular complexity index is 1680. The Morgan fingerprint density at radius 2 is 1.21 bits per heavy atom. The highest BCUT2D eigenvalue weighted by molar-refractivity contribution is 5.75. The van der Waals surface area contributed by atoms with Crippen molar-refractivity contribution in [3.63, 3.8) is 0 Å². The van der Waals surface area contributed by atoms with Crippen molar-refractivity contribution in [1.82, 2.24) is 14.8 Å². The number of nitrogens with zero attached hydrogens (tertiary/aromatic N) is 3. The van der Waals surface area contributed by atoms with E-state index < -0.39 is 0 Å². The van der Waals surface area contributed by atoms with Gasteiger partial charge in [0.15, 0.2) is 11.6 Å². The van der Waals surface area contributed by atoms with Gasteiger partial charge < -0.3 is 0 Å². The van der Waals surface area contributed by atoms with Crippen molar-refractivity contribution in [2.24, 2.45) is 11.8 Å². The third-order valence-electron chi connectivity index (χ3n) is 8.15. The summed E-state index contributed by atoms with van der Waals surface area (Å²) in [7, 11) is 0. The molecule has 0 saturated heterocycles. The summed E-state index contributed by atoms with van der Waals surface area (Å²) >= 11 is 0. The summed E-state index contributed by atoms with van der Waals surface area (Å²) < 4.78 is 2.36. The molecule has 0 fully saturated rings. The number of benzene rings is 4. The lowest BCUT2D eigenvalue weighted by atomic mass is 9.86. The Kier molecular flexibility index (Phi) is 8.74. The first-order valence-electron chi connectivity index (χ1n) is 15.8. The average Bonchev–Trinajstić information content (AvgIpc) is 3.36. The van der Waals surface area contributed by atoms with Crippen molar-refractivity contribution in [3.05, 3.63) is 113 Å². The van der Waals surface area contributed by atoms with Crippen LogP contribution in [0.25, 0.3) is 39.6 Å². The fraction of sp³-hybridized carbons (Fsp3) is 0.350. The molecule has 5 aromatic rings. The predicted octanol–water partition coefficient (Wildman–Crippen LogP) is 10.6. The van der Waals surface area contributed by atoms with Crippen LogP contribution in [0, 0.1) is 25.7 Å². The number of aromatic nitrogens is 3. The van der Waals surface area contributed by atoms with Crippen molar-refractivity contribution >= 4 is 0 Å². The highest BCUT2D eigenvalue weighted by atomic mass is 15.3. The molecule has 0 amide bonds. The number of rotatable bonds is 8. The van der Waals surface area contributed by atoms with Gasteiger partial charge in [0.05, 0.1) is 5.69 Å². The number of hydrogen-bond donors (Lipinski definition) is 0. The van der Waals surface area contributed by atoms with Crippen molar-refractivity contribution in [1.29, 1.82) is 0 Å². The van der Waals surface area contributed by atoms with Crippen LogP contribution in [0.3, 0.4) is 0 Å². The van der Waals surface area contributed by atoms with Gasteiger partial charge in [-0.15, -0.1) is 10.2 Å². The van der Waals surface area contributed by atoms with Gasteiger partial charge >= 0.3 is 0 Å². The van der Waals surface area contributed by atoms with E-state index >= 15 is 0 Å². The zero-order valence-electron chi connectivity index (χ0n) is 27.5. The van der Waals surface area contributed by atoms with E-state index in [1.807, 2.05) is 0 Å². The standard InChI is InChI=1S/C40H47N3/c1-26(2)21-33-23-28(5)24-34(22-27(3)4)37(33)43-38(41-42-39(43)36-16-11-10-13-29(36)6)32-15-12-14-31(25-32)30-17-19-35(20-18-30)40(7,8)9/h10-20,23-27H,21-22H2,1-9H3. The SMILES string of the molecule is Cc1cc(CC(C)C)c(-n2c(-c3cccc(-c4ccc(C(C)(C)C)cc4)c3)nnc2-c2ccccc2C)c(CC(C)C)c1. The van der Waals surface area contributed by atoms with Crippen LogP contribution in [-0.4, -0.2) is 14.8 Å².